The van der Waals surface area contributed by atoms with Gasteiger partial charge in [-0.2, -0.15) is 8.78 Å². The van der Waals surface area contributed by atoms with Gasteiger partial charge in [0, 0.05) is 29.1 Å². The second kappa shape index (κ2) is 11.3. The number of alkyl halides is 2. The molecule has 2 aromatic rings. The highest BCUT2D eigenvalue weighted by atomic mass is 35.5. The average Bonchev–Trinajstić information content (AvgIpc) is 2.77. The average molecular weight is 510 g/mol. The highest BCUT2D eigenvalue weighted by Gasteiger charge is 2.36. The van der Waals surface area contributed by atoms with Gasteiger partial charge in [-0.25, -0.2) is 4.79 Å². The Hall–Kier alpha value is -1.79. The zero-order valence-electron chi connectivity index (χ0n) is 20.4. The van der Waals surface area contributed by atoms with Crippen LogP contribution in [0.1, 0.15) is 63.6 Å². The van der Waals surface area contributed by atoms with E-state index in [1.54, 1.807) is 40.9 Å². The van der Waals surface area contributed by atoms with Gasteiger partial charge in [-0.1, -0.05) is 48.9 Å². The van der Waals surface area contributed by atoms with Crippen molar-refractivity contribution in [2.24, 2.45) is 5.92 Å². The molecule has 1 saturated heterocycles. The molecule has 186 valence electrons. The van der Waals surface area contributed by atoms with Crippen molar-refractivity contribution in [2.75, 3.05) is 18.8 Å². The second-order valence-corrected chi connectivity index (χ2v) is 11.5. The Morgan fingerprint density at radius 3 is 2.32 bits per heavy atom. The van der Waals surface area contributed by atoms with Crippen LogP contribution in [0.3, 0.4) is 0 Å². The molecule has 7 heteroatoms. The van der Waals surface area contributed by atoms with Gasteiger partial charge in [0.05, 0.1) is 5.02 Å². The van der Waals surface area contributed by atoms with Gasteiger partial charge in [0.15, 0.2) is 0 Å². The number of amides is 1. The molecule has 0 saturated carbocycles. The summed E-state index contributed by atoms with van der Waals surface area (Å²) in [6.07, 6.45) is 3.41. The zero-order chi connectivity index (χ0) is 24.9. The van der Waals surface area contributed by atoms with Gasteiger partial charge in [0.1, 0.15) is 5.60 Å². The first-order chi connectivity index (χ1) is 16.0. The van der Waals surface area contributed by atoms with E-state index in [1.165, 1.54) is 18.2 Å². The van der Waals surface area contributed by atoms with Crippen molar-refractivity contribution in [1.82, 2.24) is 4.90 Å². The van der Waals surface area contributed by atoms with E-state index in [-0.39, 0.29) is 22.2 Å². The summed E-state index contributed by atoms with van der Waals surface area (Å²) in [5, 5.41) is 0.0882. The van der Waals surface area contributed by atoms with Gasteiger partial charge in [0.25, 0.3) is 5.92 Å². The van der Waals surface area contributed by atoms with Crippen LogP contribution in [-0.4, -0.2) is 35.4 Å². The number of ether oxygens (including phenoxy) is 1. The van der Waals surface area contributed by atoms with Crippen LogP contribution in [0.2, 0.25) is 5.02 Å². The van der Waals surface area contributed by atoms with Crippen LogP contribution >= 0.6 is 23.4 Å². The quantitative estimate of drug-likeness (QED) is 0.352. The Labute approximate surface area is 211 Å². The summed E-state index contributed by atoms with van der Waals surface area (Å²) in [7, 11) is 0. The molecule has 0 aromatic heterocycles. The Kier molecular flexibility index (Phi) is 8.91. The van der Waals surface area contributed by atoms with Gasteiger partial charge in [0.2, 0.25) is 0 Å². The second-order valence-electron chi connectivity index (χ2n) is 9.80. The van der Waals surface area contributed by atoms with Gasteiger partial charge < -0.3 is 9.64 Å². The highest BCUT2D eigenvalue weighted by molar-refractivity contribution is 7.99. The summed E-state index contributed by atoms with van der Waals surface area (Å²) in [5.74, 6) is -1.78. The van der Waals surface area contributed by atoms with Crippen LogP contribution in [0.5, 0.6) is 0 Å². The molecule has 0 radical (unpaired) electrons. The van der Waals surface area contributed by atoms with Crippen LogP contribution in [0.25, 0.3) is 0 Å². The fourth-order valence-corrected chi connectivity index (χ4v) is 5.21. The first-order valence-electron chi connectivity index (χ1n) is 11.9. The molecule has 0 atom stereocenters. The maximum absolute atomic E-state index is 15.1. The normalized spacial score (nSPS) is 15.4. The number of benzene rings is 2. The Bertz CT molecular complexity index is 968. The monoisotopic (exact) mass is 509 g/mol. The maximum Gasteiger partial charge on any atom is 0.410 e. The predicted molar refractivity (Wildman–Crippen MR) is 136 cm³/mol. The molecule has 1 amide bonds. The smallest absolute Gasteiger partial charge is 0.410 e. The van der Waals surface area contributed by atoms with E-state index in [1.807, 2.05) is 27.7 Å². The maximum atomic E-state index is 15.1. The fraction of sp³-hybridized carbons (Fsp3) is 0.519. The minimum Gasteiger partial charge on any atom is -0.444 e. The summed E-state index contributed by atoms with van der Waals surface area (Å²) in [6, 6.07) is 11.3. The topological polar surface area (TPSA) is 29.5 Å². The SMILES string of the molecule is CCSc1ccc(C(F)(F)c2ccc(CCC3CCN(C(=O)OC(C)(C)C)CC3)cc2)c(Cl)c1. The molecule has 3 rings (SSSR count). The Morgan fingerprint density at radius 2 is 1.76 bits per heavy atom. The largest absolute Gasteiger partial charge is 0.444 e. The van der Waals surface area contributed by atoms with E-state index in [4.69, 9.17) is 16.3 Å². The number of rotatable bonds is 7. The number of hydrogen-bond donors (Lipinski definition) is 0. The predicted octanol–water partition coefficient (Wildman–Crippen LogP) is 8.17. The minimum atomic E-state index is -3.15. The molecule has 1 fully saturated rings. The summed E-state index contributed by atoms with van der Waals surface area (Å²) >= 11 is 7.77. The van der Waals surface area contributed by atoms with Crippen LogP contribution < -0.4 is 0 Å². The Morgan fingerprint density at radius 1 is 1.12 bits per heavy atom. The number of likely N-dealkylation sites (tertiary alicyclic amines) is 1. The van der Waals surface area contributed by atoms with Gasteiger partial charge >= 0.3 is 6.09 Å². The number of carbonyl (C=O) groups is 1. The summed E-state index contributed by atoms with van der Waals surface area (Å²) < 4.78 is 35.7. The molecule has 1 heterocycles. The van der Waals surface area contributed by atoms with E-state index in [9.17, 15) is 4.79 Å². The molecule has 3 nitrogen and oxygen atoms in total. The van der Waals surface area contributed by atoms with Gasteiger partial charge in [-0.05, 0) is 75.8 Å². The lowest BCUT2D eigenvalue weighted by Crippen LogP contribution is -2.41. The number of carbonyl (C=O) groups excluding carboxylic acids is 1. The molecule has 34 heavy (non-hydrogen) atoms. The van der Waals surface area contributed by atoms with Crippen LogP contribution in [-0.2, 0) is 17.1 Å². The van der Waals surface area contributed by atoms with Crippen LogP contribution in [0, 0.1) is 5.92 Å². The number of nitrogens with zero attached hydrogens (tertiary/aromatic N) is 1. The lowest BCUT2D eigenvalue weighted by atomic mass is 9.90. The van der Waals surface area contributed by atoms with Gasteiger partial charge in [-0.3, -0.25) is 0 Å². The first-order valence-corrected chi connectivity index (χ1v) is 13.2. The van der Waals surface area contributed by atoms with Crippen LogP contribution in [0.4, 0.5) is 13.6 Å². The third-order valence-corrected chi connectivity index (χ3v) is 7.20. The van der Waals surface area contributed by atoms with E-state index < -0.39 is 11.5 Å². The van der Waals surface area contributed by atoms with Crippen LogP contribution in [0.15, 0.2) is 47.4 Å². The third kappa shape index (κ3) is 7.11. The minimum absolute atomic E-state index is 0.0558. The van der Waals surface area contributed by atoms with Crippen molar-refractivity contribution in [1.29, 1.82) is 0 Å². The molecule has 0 N–H and O–H groups in total. The lowest BCUT2D eigenvalue weighted by Gasteiger charge is -2.33. The van der Waals surface area contributed by atoms with E-state index in [0.717, 1.165) is 41.9 Å². The molecule has 0 spiro atoms. The van der Waals surface area contributed by atoms with Crippen molar-refractivity contribution >= 4 is 29.5 Å². The van der Waals surface area contributed by atoms with Crippen molar-refractivity contribution < 1.29 is 18.3 Å². The molecule has 0 bridgehead atoms. The summed E-state index contributed by atoms with van der Waals surface area (Å²) in [4.78, 5) is 14.9. The molecule has 1 aliphatic heterocycles. The molecule has 1 aliphatic rings. The van der Waals surface area contributed by atoms with E-state index >= 15 is 8.78 Å². The van der Waals surface area contributed by atoms with Gasteiger partial charge in [-0.15, -0.1) is 11.8 Å². The lowest BCUT2D eigenvalue weighted by molar-refractivity contribution is 0.0181. The summed E-state index contributed by atoms with van der Waals surface area (Å²) in [6.45, 7) is 9.01. The number of thioether (sulfide) groups is 1. The summed E-state index contributed by atoms with van der Waals surface area (Å²) in [5.41, 5.74) is 0.327. The molecule has 2 aromatic carbocycles. The molecule has 0 unspecified atom stereocenters. The van der Waals surface area contributed by atoms with E-state index in [2.05, 4.69) is 0 Å². The van der Waals surface area contributed by atoms with Crippen molar-refractivity contribution in [3.63, 3.8) is 0 Å². The third-order valence-electron chi connectivity index (χ3n) is 6.01. The zero-order valence-corrected chi connectivity index (χ0v) is 21.9. The standard InChI is InChI=1S/C27H34ClF2NO2S/c1-5-34-22-12-13-23(24(28)18-22)27(29,30)21-10-8-19(9-11-21)6-7-20-14-16-31(17-15-20)25(32)33-26(2,3)4/h8-13,18,20H,5-7,14-17H2,1-4H3. The molecule has 0 aliphatic carbocycles. The first kappa shape index (κ1) is 26.8. The number of piperidine rings is 1. The molecular weight excluding hydrogens is 476 g/mol. The highest BCUT2D eigenvalue weighted by Crippen LogP contribution is 2.40. The molecular formula is C27H34ClF2NO2S. The van der Waals surface area contributed by atoms with Crippen molar-refractivity contribution in [3.8, 4) is 0 Å². The number of aryl methyl sites for hydroxylation is 1. The Balaban J connectivity index is 1.54. The van der Waals surface area contributed by atoms with Crippen molar-refractivity contribution in [3.05, 3.63) is 64.2 Å². The van der Waals surface area contributed by atoms with Crippen molar-refractivity contribution in [2.45, 2.75) is 69.8 Å². The number of halogens is 3. The fourth-order valence-electron chi connectivity index (χ4n) is 4.14. The number of hydrogen-bond acceptors (Lipinski definition) is 3. The van der Waals surface area contributed by atoms with E-state index in [0.29, 0.717) is 19.0 Å².